The van der Waals surface area contributed by atoms with Gasteiger partial charge in [-0.3, -0.25) is 19.3 Å². The van der Waals surface area contributed by atoms with Crippen LogP contribution in [-0.4, -0.2) is 77.8 Å². The lowest BCUT2D eigenvalue weighted by Crippen LogP contribution is -2.52. The van der Waals surface area contributed by atoms with E-state index in [1.807, 2.05) is 38.1 Å². The first kappa shape index (κ1) is 22.7. The minimum atomic E-state index is -0.128. The van der Waals surface area contributed by atoms with Gasteiger partial charge in [0.25, 0.3) is 0 Å². The smallest absolute Gasteiger partial charge is 0.234 e. The molecule has 1 aliphatic heterocycles. The molecule has 0 unspecified atom stereocenters. The molecule has 0 aliphatic carbocycles. The van der Waals surface area contributed by atoms with Gasteiger partial charge < -0.3 is 15.5 Å². The minimum Gasteiger partial charge on any atom is -0.353 e. The summed E-state index contributed by atoms with van der Waals surface area (Å²) in [5, 5.41) is 5.69. The summed E-state index contributed by atoms with van der Waals surface area (Å²) in [4.78, 5) is 40.0. The highest BCUT2D eigenvalue weighted by atomic mass is 79.9. The molecule has 0 aromatic heterocycles. The van der Waals surface area contributed by atoms with Crippen LogP contribution in [0.15, 0.2) is 28.7 Å². The Balaban J connectivity index is 1.63. The number of carbonyl (C=O) groups is 3. The number of hydrogen-bond acceptors (Lipinski definition) is 5. The van der Waals surface area contributed by atoms with Crippen molar-refractivity contribution in [3.63, 3.8) is 0 Å². The average molecular weight is 471 g/mol. The van der Waals surface area contributed by atoms with E-state index in [1.54, 1.807) is 4.90 Å². The number of halogens is 1. The number of anilines is 1. The van der Waals surface area contributed by atoms with Gasteiger partial charge in [-0.05, 0) is 32.0 Å². The van der Waals surface area contributed by atoms with Crippen molar-refractivity contribution in [3.8, 4) is 0 Å². The molecule has 2 N–H and O–H groups in total. The van der Waals surface area contributed by atoms with Crippen LogP contribution in [0, 0.1) is 0 Å². The molecule has 1 aromatic rings. The number of thioether (sulfide) groups is 1. The molecule has 7 nitrogen and oxygen atoms in total. The van der Waals surface area contributed by atoms with Crippen molar-refractivity contribution < 1.29 is 14.4 Å². The fourth-order valence-electron chi connectivity index (χ4n) is 2.81. The van der Waals surface area contributed by atoms with Crippen LogP contribution in [-0.2, 0) is 14.4 Å². The summed E-state index contributed by atoms with van der Waals surface area (Å²) in [6, 6.07) is 7.52. The fourth-order valence-corrected chi connectivity index (χ4v) is 3.93. The second-order valence-corrected chi connectivity index (χ2v) is 8.83. The standard InChI is InChI=1S/C19H27BrN4O3S/c1-14(2)21-17(25)11-23-6-8-24(9-7-23)19(27)13-28-12-18(26)22-16-5-3-4-15(20)10-16/h3-5,10,14H,6-9,11-13H2,1-2H3,(H,21,25)(H,22,26). The Labute approximate surface area is 178 Å². The summed E-state index contributed by atoms with van der Waals surface area (Å²) in [5.41, 5.74) is 0.726. The highest BCUT2D eigenvalue weighted by Crippen LogP contribution is 2.16. The Morgan fingerprint density at radius 3 is 2.46 bits per heavy atom. The van der Waals surface area contributed by atoms with Crippen molar-refractivity contribution in [1.82, 2.24) is 15.1 Å². The van der Waals surface area contributed by atoms with E-state index in [1.165, 1.54) is 11.8 Å². The van der Waals surface area contributed by atoms with E-state index in [9.17, 15) is 14.4 Å². The van der Waals surface area contributed by atoms with Crippen molar-refractivity contribution >= 4 is 51.1 Å². The van der Waals surface area contributed by atoms with Crippen molar-refractivity contribution in [2.24, 2.45) is 0 Å². The van der Waals surface area contributed by atoms with E-state index in [4.69, 9.17) is 0 Å². The minimum absolute atomic E-state index is 0.0155. The van der Waals surface area contributed by atoms with Crippen molar-refractivity contribution in [1.29, 1.82) is 0 Å². The Morgan fingerprint density at radius 1 is 1.11 bits per heavy atom. The largest absolute Gasteiger partial charge is 0.353 e. The molecule has 0 radical (unpaired) electrons. The molecule has 1 heterocycles. The third kappa shape index (κ3) is 8.20. The molecule has 1 fully saturated rings. The first-order valence-electron chi connectivity index (χ1n) is 9.26. The third-order valence-corrected chi connectivity index (χ3v) is 5.52. The first-order valence-corrected chi connectivity index (χ1v) is 11.2. The number of nitrogens with zero attached hydrogens (tertiary/aromatic N) is 2. The Hall–Kier alpha value is -1.58. The van der Waals surface area contributed by atoms with Gasteiger partial charge in [-0.15, -0.1) is 11.8 Å². The van der Waals surface area contributed by atoms with Gasteiger partial charge in [0.05, 0.1) is 18.1 Å². The van der Waals surface area contributed by atoms with Crippen molar-refractivity contribution in [2.45, 2.75) is 19.9 Å². The summed E-state index contributed by atoms with van der Waals surface area (Å²) >= 11 is 4.68. The summed E-state index contributed by atoms with van der Waals surface area (Å²) in [7, 11) is 0. The Bertz CT molecular complexity index is 694. The van der Waals surface area contributed by atoms with Gasteiger partial charge in [0, 0.05) is 42.4 Å². The van der Waals surface area contributed by atoms with E-state index in [0.717, 1.165) is 10.2 Å². The Kier molecular flexibility index (Phi) is 9.27. The monoisotopic (exact) mass is 470 g/mol. The van der Waals surface area contributed by atoms with Gasteiger partial charge in [-0.2, -0.15) is 0 Å². The molecule has 2 rings (SSSR count). The third-order valence-electron chi connectivity index (χ3n) is 4.11. The van der Waals surface area contributed by atoms with E-state index in [2.05, 4.69) is 31.5 Å². The van der Waals surface area contributed by atoms with Crippen molar-refractivity contribution in [3.05, 3.63) is 28.7 Å². The normalized spacial score (nSPS) is 14.8. The quantitative estimate of drug-likeness (QED) is 0.605. The number of benzene rings is 1. The van der Waals surface area contributed by atoms with Crippen LogP contribution in [0.5, 0.6) is 0 Å². The molecule has 0 atom stereocenters. The molecule has 0 spiro atoms. The number of carbonyl (C=O) groups excluding carboxylic acids is 3. The maximum Gasteiger partial charge on any atom is 0.234 e. The van der Waals surface area contributed by atoms with Crippen LogP contribution in [0.4, 0.5) is 5.69 Å². The first-order chi connectivity index (χ1) is 13.3. The van der Waals surface area contributed by atoms with Gasteiger partial charge in [-0.25, -0.2) is 0 Å². The van der Waals surface area contributed by atoms with Crippen LogP contribution in [0.2, 0.25) is 0 Å². The highest BCUT2D eigenvalue weighted by molar-refractivity contribution is 9.10. The summed E-state index contributed by atoms with van der Waals surface area (Å²) in [6.45, 7) is 6.83. The van der Waals surface area contributed by atoms with Gasteiger partial charge in [0.1, 0.15) is 0 Å². The van der Waals surface area contributed by atoms with E-state index in [-0.39, 0.29) is 35.3 Å². The lowest BCUT2D eigenvalue weighted by atomic mass is 10.3. The molecule has 0 saturated carbocycles. The zero-order chi connectivity index (χ0) is 20.5. The number of hydrogen-bond donors (Lipinski definition) is 2. The molecular weight excluding hydrogens is 444 g/mol. The number of amides is 3. The molecule has 3 amide bonds. The second kappa shape index (κ2) is 11.4. The molecule has 154 valence electrons. The molecule has 9 heteroatoms. The zero-order valence-corrected chi connectivity index (χ0v) is 18.6. The average Bonchev–Trinajstić information content (AvgIpc) is 2.61. The number of nitrogens with one attached hydrogen (secondary N) is 2. The van der Waals surface area contributed by atoms with Gasteiger partial charge in [0.15, 0.2) is 0 Å². The summed E-state index contributed by atoms with van der Waals surface area (Å²) in [5.74, 6) is 0.429. The lowest BCUT2D eigenvalue weighted by molar-refractivity contribution is -0.130. The van der Waals surface area contributed by atoms with Gasteiger partial charge in [-0.1, -0.05) is 22.0 Å². The predicted molar refractivity (Wildman–Crippen MR) is 116 cm³/mol. The predicted octanol–water partition coefficient (Wildman–Crippen LogP) is 1.79. The van der Waals surface area contributed by atoms with E-state index < -0.39 is 0 Å². The maximum atomic E-state index is 12.3. The number of rotatable bonds is 8. The number of piperazine rings is 1. The van der Waals surface area contributed by atoms with Crippen molar-refractivity contribution in [2.75, 3.05) is 49.5 Å². The van der Waals surface area contributed by atoms with Crippen LogP contribution in [0.1, 0.15) is 13.8 Å². The highest BCUT2D eigenvalue weighted by Gasteiger charge is 2.22. The second-order valence-electron chi connectivity index (χ2n) is 6.93. The zero-order valence-electron chi connectivity index (χ0n) is 16.2. The van der Waals surface area contributed by atoms with Crippen LogP contribution in [0.25, 0.3) is 0 Å². The topological polar surface area (TPSA) is 81.8 Å². The molecule has 1 saturated heterocycles. The summed E-state index contributed by atoms with van der Waals surface area (Å²) in [6.07, 6.45) is 0. The van der Waals surface area contributed by atoms with Crippen LogP contribution in [0.3, 0.4) is 0 Å². The molecule has 1 aromatic carbocycles. The fraction of sp³-hybridized carbons (Fsp3) is 0.526. The van der Waals surface area contributed by atoms with Gasteiger partial charge >= 0.3 is 0 Å². The molecule has 28 heavy (non-hydrogen) atoms. The van der Waals surface area contributed by atoms with Crippen LogP contribution >= 0.6 is 27.7 Å². The van der Waals surface area contributed by atoms with E-state index >= 15 is 0 Å². The van der Waals surface area contributed by atoms with Crippen LogP contribution < -0.4 is 10.6 Å². The SMILES string of the molecule is CC(C)NC(=O)CN1CCN(C(=O)CSCC(=O)Nc2cccc(Br)c2)CC1. The molecular formula is C19H27BrN4O3S. The van der Waals surface area contributed by atoms with E-state index in [0.29, 0.717) is 32.7 Å². The Morgan fingerprint density at radius 2 is 1.82 bits per heavy atom. The maximum absolute atomic E-state index is 12.3. The summed E-state index contributed by atoms with van der Waals surface area (Å²) < 4.78 is 0.897. The molecule has 1 aliphatic rings. The molecule has 0 bridgehead atoms. The lowest BCUT2D eigenvalue weighted by Gasteiger charge is -2.34. The van der Waals surface area contributed by atoms with Gasteiger partial charge in [0.2, 0.25) is 17.7 Å².